The molecule has 0 unspecified atom stereocenters. The molecule has 0 aromatic heterocycles. The van der Waals surface area contributed by atoms with E-state index in [1.54, 1.807) is 0 Å². The van der Waals surface area contributed by atoms with Gasteiger partial charge in [0.2, 0.25) is 0 Å². The number of halogens is 2. The monoisotopic (exact) mass is 208 g/mol. The first-order chi connectivity index (χ1) is 5.73. The first kappa shape index (κ1) is 10.4. The number of hydrogen-bond acceptors (Lipinski definition) is 1. The van der Waals surface area contributed by atoms with Crippen LogP contribution >= 0.6 is 23.2 Å². The van der Waals surface area contributed by atoms with Crippen molar-refractivity contribution in [3.8, 4) is 0 Å². The van der Waals surface area contributed by atoms with Gasteiger partial charge in [-0.15, -0.1) is 23.2 Å². The van der Waals surface area contributed by atoms with E-state index in [9.17, 15) is 5.11 Å². The Labute approximate surface area is 83.4 Å². The Bertz CT molecular complexity index is 173. The molecule has 12 heavy (non-hydrogen) atoms. The lowest BCUT2D eigenvalue weighted by Gasteiger charge is -2.28. The Morgan fingerprint density at radius 1 is 1.33 bits per heavy atom. The van der Waals surface area contributed by atoms with Crippen molar-refractivity contribution in [2.75, 3.05) is 11.8 Å². The molecule has 1 N–H and O–H groups in total. The highest BCUT2D eigenvalue weighted by atomic mass is 35.5. The third-order valence-electron chi connectivity index (χ3n) is 2.33. The van der Waals surface area contributed by atoms with Gasteiger partial charge in [0.05, 0.1) is 11.8 Å². The Morgan fingerprint density at radius 3 is 2.42 bits per heavy atom. The maximum absolute atomic E-state index is 9.92. The Kier molecular flexibility index (Phi) is 3.88. The maximum atomic E-state index is 9.92. The third-order valence-corrected chi connectivity index (χ3v) is 3.22. The summed E-state index contributed by atoms with van der Waals surface area (Å²) >= 11 is 11.3. The molecule has 1 aliphatic rings. The second-order valence-electron chi connectivity index (χ2n) is 3.27. The molecule has 1 aliphatic carbocycles. The summed E-state index contributed by atoms with van der Waals surface area (Å²) < 4.78 is 0. The molecule has 0 bridgehead atoms. The lowest BCUT2D eigenvalue weighted by Crippen LogP contribution is -2.36. The van der Waals surface area contributed by atoms with Gasteiger partial charge in [0.25, 0.3) is 0 Å². The van der Waals surface area contributed by atoms with E-state index in [0.717, 1.165) is 24.8 Å². The standard InChI is InChI=1S/C9H14Cl2O/c10-6-9(12,7-11)8-4-2-1-3-5-8/h4,12H,1-3,5-7H2. The molecule has 0 saturated carbocycles. The molecule has 1 rings (SSSR count). The SMILES string of the molecule is OC(CCl)(CCl)C1=CCCCC1. The van der Waals surface area contributed by atoms with E-state index < -0.39 is 5.60 Å². The van der Waals surface area contributed by atoms with Gasteiger partial charge in [-0.3, -0.25) is 0 Å². The van der Waals surface area contributed by atoms with Gasteiger partial charge in [-0.1, -0.05) is 6.08 Å². The molecular weight excluding hydrogens is 195 g/mol. The average Bonchev–Trinajstić information content (AvgIpc) is 2.18. The Morgan fingerprint density at radius 2 is 2.00 bits per heavy atom. The van der Waals surface area contributed by atoms with Crippen LogP contribution in [0.15, 0.2) is 11.6 Å². The Hall–Kier alpha value is 0.280. The van der Waals surface area contributed by atoms with Crippen LogP contribution in [0.5, 0.6) is 0 Å². The molecule has 0 fully saturated rings. The minimum atomic E-state index is -0.955. The number of aliphatic hydroxyl groups is 1. The smallest absolute Gasteiger partial charge is 0.113 e. The van der Waals surface area contributed by atoms with Crippen LogP contribution in [0.3, 0.4) is 0 Å². The van der Waals surface area contributed by atoms with Gasteiger partial charge in [-0.25, -0.2) is 0 Å². The summed E-state index contributed by atoms with van der Waals surface area (Å²) in [6.45, 7) is 0. The zero-order valence-corrected chi connectivity index (χ0v) is 8.53. The van der Waals surface area contributed by atoms with Crippen molar-refractivity contribution in [1.82, 2.24) is 0 Å². The van der Waals surface area contributed by atoms with Crippen LogP contribution in [-0.4, -0.2) is 22.5 Å². The van der Waals surface area contributed by atoms with Crippen molar-refractivity contribution in [3.05, 3.63) is 11.6 Å². The van der Waals surface area contributed by atoms with Crippen molar-refractivity contribution in [3.63, 3.8) is 0 Å². The highest BCUT2D eigenvalue weighted by Crippen LogP contribution is 2.29. The summed E-state index contributed by atoms with van der Waals surface area (Å²) in [5.41, 5.74) is 0.0718. The highest BCUT2D eigenvalue weighted by molar-refractivity contribution is 6.22. The number of alkyl halides is 2. The fraction of sp³-hybridized carbons (Fsp3) is 0.778. The van der Waals surface area contributed by atoms with Gasteiger partial charge in [-0.2, -0.15) is 0 Å². The molecular formula is C9H14Cl2O. The second kappa shape index (κ2) is 4.50. The minimum Gasteiger partial charge on any atom is -0.383 e. The van der Waals surface area contributed by atoms with Crippen LogP contribution in [-0.2, 0) is 0 Å². The van der Waals surface area contributed by atoms with Gasteiger partial charge in [-0.05, 0) is 31.3 Å². The summed E-state index contributed by atoms with van der Waals surface area (Å²) in [7, 11) is 0. The lowest BCUT2D eigenvalue weighted by atomic mass is 9.88. The molecule has 0 saturated heterocycles. The van der Waals surface area contributed by atoms with E-state index in [0.29, 0.717) is 0 Å². The largest absolute Gasteiger partial charge is 0.383 e. The number of hydrogen-bond donors (Lipinski definition) is 1. The molecule has 3 heteroatoms. The topological polar surface area (TPSA) is 20.2 Å². The van der Waals surface area contributed by atoms with Gasteiger partial charge >= 0.3 is 0 Å². The summed E-state index contributed by atoms with van der Waals surface area (Å²) in [6, 6.07) is 0. The molecule has 0 aromatic rings. The number of rotatable bonds is 3. The predicted molar refractivity (Wildman–Crippen MR) is 52.9 cm³/mol. The van der Waals surface area contributed by atoms with Gasteiger partial charge < -0.3 is 5.11 Å². The maximum Gasteiger partial charge on any atom is 0.113 e. The molecule has 1 nitrogen and oxygen atoms in total. The van der Waals surface area contributed by atoms with Crippen LogP contribution < -0.4 is 0 Å². The highest BCUT2D eigenvalue weighted by Gasteiger charge is 2.29. The fourth-order valence-electron chi connectivity index (χ4n) is 1.47. The molecule has 0 atom stereocenters. The summed E-state index contributed by atoms with van der Waals surface area (Å²) in [4.78, 5) is 0. The van der Waals surface area contributed by atoms with E-state index in [1.807, 2.05) is 0 Å². The summed E-state index contributed by atoms with van der Waals surface area (Å²) in [6.07, 6.45) is 6.42. The molecule has 0 heterocycles. The molecule has 0 aliphatic heterocycles. The van der Waals surface area contributed by atoms with E-state index in [1.165, 1.54) is 6.42 Å². The number of allylic oxidation sites excluding steroid dienone is 1. The second-order valence-corrected chi connectivity index (χ2v) is 3.81. The van der Waals surface area contributed by atoms with Crippen molar-refractivity contribution in [2.24, 2.45) is 0 Å². The quantitative estimate of drug-likeness (QED) is 0.559. The van der Waals surface area contributed by atoms with E-state index in [4.69, 9.17) is 23.2 Å². The minimum absolute atomic E-state index is 0.197. The van der Waals surface area contributed by atoms with Crippen LogP contribution in [0.4, 0.5) is 0 Å². The first-order valence-corrected chi connectivity index (χ1v) is 5.33. The summed E-state index contributed by atoms with van der Waals surface area (Å²) in [5, 5.41) is 9.92. The van der Waals surface area contributed by atoms with Crippen LogP contribution in [0.2, 0.25) is 0 Å². The van der Waals surface area contributed by atoms with Crippen molar-refractivity contribution >= 4 is 23.2 Å². The van der Waals surface area contributed by atoms with Crippen LogP contribution in [0, 0.1) is 0 Å². The fourth-order valence-corrected chi connectivity index (χ4v) is 2.10. The zero-order chi connectivity index (χ0) is 9.03. The third kappa shape index (κ3) is 2.15. The molecule has 0 amide bonds. The normalized spacial score (nSPS) is 19.1. The van der Waals surface area contributed by atoms with Crippen LogP contribution in [0.25, 0.3) is 0 Å². The zero-order valence-electron chi connectivity index (χ0n) is 7.02. The van der Waals surface area contributed by atoms with E-state index in [2.05, 4.69) is 6.08 Å². The molecule has 0 spiro atoms. The van der Waals surface area contributed by atoms with Gasteiger partial charge in [0.15, 0.2) is 0 Å². The molecule has 0 aromatic carbocycles. The predicted octanol–water partition coefficient (Wildman–Crippen LogP) is 2.70. The first-order valence-electron chi connectivity index (χ1n) is 4.27. The van der Waals surface area contributed by atoms with Gasteiger partial charge in [0.1, 0.15) is 5.60 Å². The van der Waals surface area contributed by atoms with Crippen LogP contribution in [0.1, 0.15) is 25.7 Å². The lowest BCUT2D eigenvalue weighted by molar-refractivity contribution is 0.121. The van der Waals surface area contributed by atoms with Crippen molar-refractivity contribution in [1.29, 1.82) is 0 Å². The molecule has 0 radical (unpaired) electrons. The van der Waals surface area contributed by atoms with Gasteiger partial charge in [0, 0.05) is 0 Å². The average molecular weight is 209 g/mol. The summed E-state index contributed by atoms with van der Waals surface area (Å²) in [5.74, 6) is 0.394. The van der Waals surface area contributed by atoms with E-state index in [-0.39, 0.29) is 11.8 Å². The van der Waals surface area contributed by atoms with E-state index >= 15 is 0 Å². The Balaban J connectivity index is 2.70. The van der Waals surface area contributed by atoms with Crippen molar-refractivity contribution < 1.29 is 5.11 Å². The molecule has 70 valence electrons. The van der Waals surface area contributed by atoms with Crippen molar-refractivity contribution in [2.45, 2.75) is 31.3 Å².